The van der Waals surface area contributed by atoms with Crippen molar-refractivity contribution in [2.75, 3.05) is 6.54 Å². The van der Waals surface area contributed by atoms with Crippen molar-refractivity contribution >= 4 is 12.0 Å². The zero-order valence-electron chi connectivity index (χ0n) is 12.6. The van der Waals surface area contributed by atoms with E-state index in [0.717, 1.165) is 6.42 Å². The highest BCUT2D eigenvalue weighted by Gasteiger charge is 2.10. The van der Waals surface area contributed by atoms with Crippen LogP contribution in [0.4, 0.5) is 4.79 Å². The van der Waals surface area contributed by atoms with Crippen LogP contribution in [0.2, 0.25) is 0 Å². The molecule has 0 heterocycles. The van der Waals surface area contributed by atoms with Crippen LogP contribution in [-0.4, -0.2) is 29.7 Å². The third-order valence-electron chi connectivity index (χ3n) is 3.22. The van der Waals surface area contributed by atoms with Gasteiger partial charge in [-0.15, -0.1) is 0 Å². The number of carbonyl (C=O) groups is 2. The summed E-state index contributed by atoms with van der Waals surface area (Å²) in [5.41, 5.74) is 1.18. The maximum absolute atomic E-state index is 11.7. The number of hydrogen-bond acceptors (Lipinski definition) is 2. The highest BCUT2D eigenvalue weighted by molar-refractivity contribution is 5.74. The number of rotatable bonds is 8. The van der Waals surface area contributed by atoms with E-state index in [2.05, 4.69) is 10.6 Å². The SMILES string of the molecule is CC(CCC(=O)O)CNC(=O)NC(C)Cc1ccccc1. The monoisotopic (exact) mass is 292 g/mol. The molecule has 1 aromatic rings. The van der Waals surface area contributed by atoms with Crippen molar-refractivity contribution in [3.8, 4) is 0 Å². The normalized spacial score (nSPS) is 13.2. The fourth-order valence-corrected chi connectivity index (χ4v) is 2.03. The second kappa shape index (κ2) is 9.00. The quantitative estimate of drug-likeness (QED) is 0.688. The summed E-state index contributed by atoms with van der Waals surface area (Å²) in [6.07, 6.45) is 1.48. The average molecular weight is 292 g/mol. The molecule has 1 rings (SSSR count). The van der Waals surface area contributed by atoms with Gasteiger partial charge >= 0.3 is 12.0 Å². The number of carboxylic acids is 1. The van der Waals surface area contributed by atoms with E-state index >= 15 is 0 Å². The predicted molar refractivity (Wildman–Crippen MR) is 82.2 cm³/mol. The van der Waals surface area contributed by atoms with Crippen molar-refractivity contribution < 1.29 is 14.7 Å². The smallest absolute Gasteiger partial charge is 0.315 e. The van der Waals surface area contributed by atoms with Gasteiger partial charge in [0.2, 0.25) is 0 Å². The van der Waals surface area contributed by atoms with Gasteiger partial charge in [0.05, 0.1) is 0 Å². The lowest BCUT2D eigenvalue weighted by Gasteiger charge is -2.16. The van der Waals surface area contributed by atoms with Crippen molar-refractivity contribution in [2.45, 2.75) is 39.2 Å². The lowest BCUT2D eigenvalue weighted by atomic mass is 10.1. The van der Waals surface area contributed by atoms with Crippen LogP contribution in [-0.2, 0) is 11.2 Å². The zero-order valence-corrected chi connectivity index (χ0v) is 12.6. The Kier molecular flexibility index (Phi) is 7.29. The first-order valence-electron chi connectivity index (χ1n) is 7.27. The standard InChI is InChI=1S/C16H24N2O3/c1-12(8-9-15(19)20)11-17-16(21)18-13(2)10-14-6-4-3-5-7-14/h3-7,12-13H,8-11H2,1-2H3,(H,19,20)(H2,17,18,21). The summed E-state index contributed by atoms with van der Waals surface area (Å²) in [6, 6.07) is 9.82. The Hall–Kier alpha value is -2.04. The van der Waals surface area contributed by atoms with Crippen molar-refractivity contribution in [2.24, 2.45) is 5.92 Å². The van der Waals surface area contributed by atoms with E-state index in [0.29, 0.717) is 13.0 Å². The van der Waals surface area contributed by atoms with Gasteiger partial charge in [-0.25, -0.2) is 4.79 Å². The third kappa shape index (κ3) is 7.97. The van der Waals surface area contributed by atoms with Crippen LogP contribution >= 0.6 is 0 Å². The maximum atomic E-state index is 11.7. The molecule has 21 heavy (non-hydrogen) atoms. The molecule has 1 aromatic carbocycles. The summed E-state index contributed by atoms with van der Waals surface area (Å²) in [7, 11) is 0. The molecule has 3 N–H and O–H groups in total. The predicted octanol–water partition coefficient (Wildman–Crippen LogP) is 2.42. The zero-order chi connectivity index (χ0) is 15.7. The Morgan fingerprint density at radius 3 is 2.48 bits per heavy atom. The molecule has 0 radical (unpaired) electrons. The van der Waals surface area contributed by atoms with Crippen molar-refractivity contribution in [1.82, 2.24) is 10.6 Å². The van der Waals surface area contributed by atoms with Crippen LogP contribution in [0, 0.1) is 5.92 Å². The molecule has 0 aromatic heterocycles. The number of benzene rings is 1. The van der Waals surface area contributed by atoms with Crippen molar-refractivity contribution in [1.29, 1.82) is 0 Å². The molecule has 0 aliphatic heterocycles. The maximum Gasteiger partial charge on any atom is 0.315 e. The molecular formula is C16H24N2O3. The summed E-state index contributed by atoms with van der Waals surface area (Å²) in [5.74, 6) is -0.654. The molecule has 0 bridgehead atoms. The Morgan fingerprint density at radius 1 is 1.19 bits per heavy atom. The molecular weight excluding hydrogens is 268 g/mol. The average Bonchev–Trinajstić information content (AvgIpc) is 2.43. The molecule has 0 aliphatic carbocycles. The van der Waals surface area contributed by atoms with E-state index in [4.69, 9.17) is 5.11 Å². The fraction of sp³-hybridized carbons (Fsp3) is 0.500. The minimum absolute atomic E-state index is 0.0433. The summed E-state index contributed by atoms with van der Waals surface area (Å²) in [5, 5.41) is 14.3. The number of hydrogen-bond donors (Lipinski definition) is 3. The number of nitrogens with one attached hydrogen (secondary N) is 2. The summed E-state index contributed by atoms with van der Waals surface area (Å²) in [4.78, 5) is 22.2. The molecule has 2 amide bonds. The lowest BCUT2D eigenvalue weighted by Crippen LogP contribution is -2.43. The van der Waals surface area contributed by atoms with Gasteiger partial charge in [-0.1, -0.05) is 37.3 Å². The first-order chi connectivity index (χ1) is 9.97. The van der Waals surface area contributed by atoms with E-state index in [1.165, 1.54) is 5.56 Å². The second-order valence-corrected chi connectivity index (χ2v) is 5.48. The van der Waals surface area contributed by atoms with E-state index in [-0.39, 0.29) is 24.4 Å². The molecule has 0 saturated carbocycles. The van der Waals surface area contributed by atoms with Crippen molar-refractivity contribution in [3.63, 3.8) is 0 Å². The minimum atomic E-state index is -0.803. The van der Waals surface area contributed by atoms with Gasteiger partial charge in [-0.3, -0.25) is 4.79 Å². The summed E-state index contributed by atoms with van der Waals surface area (Å²) < 4.78 is 0. The van der Waals surface area contributed by atoms with E-state index in [1.807, 2.05) is 44.2 Å². The van der Waals surface area contributed by atoms with Crippen LogP contribution in [0.1, 0.15) is 32.3 Å². The van der Waals surface area contributed by atoms with Crippen LogP contribution in [0.3, 0.4) is 0 Å². The molecule has 0 fully saturated rings. The molecule has 5 heteroatoms. The Morgan fingerprint density at radius 2 is 1.86 bits per heavy atom. The molecule has 0 spiro atoms. The van der Waals surface area contributed by atoms with Crippen molar-refractivity contribution in [3.05, 3.63) is 35.9 Å². The molecule has 5 nitrogen and oxygen atoms in total. The van der Waals surface area contributed by atoms with Gasteiger partial charge < -0.3 is 15.7 Å². The van der Waals surface area contributed by atoms with Crippen LogP contribution in [0.25, 0.3) is 0 Å². The summed E-state index contributed by atoms with van der Waals surface area (Å²) in [6.45, 7) is 4.37. The number of amides is 2. The van der Waals surface area contributed by atoms with Gasteiger partial charge in [0.15, 0.2) is 0 Å². The number of aliphatic carboxylic acids is 1. The number of carbonyl (C=O) groups excluding carboxylic acids is 1. The van der Waals surface area contributed by atoms with E-state index in [1.54, 1.807) is 0 Å². The van der Waals surface area contributed by atoms with Gasteiger partial charge in [0.1, 0.15) is 0 Å². The number of carboxylic acid groups (broad SMARTS) is 1. The first-order valence-corrected chi connectivity index (χ1v) is 7.27. The molecule has 2 atom stereocenters. The first kappa shape index (κ1) is 17.0. The van der Waals surface area contributed by atoms with Gasteiger partial charge in [0.25, 0.3) is 0 Å². The molecule has 0 saturated heterocycles. The summed E-state index contributed by atoms with van der Waals surface area (Å²) >= 11 is 0. The largest absolute Gasteiger partial charge is 0.481 e. The molecule has 0 aliphatic rings. The van der Waals surface area contributed by atoms with E-state index in [9.17, 15) is 9.59 Å². The lowest BCUT2D eigenvalue weighted by molar-refractivity contribution is -0.137. The van der Waals surface area contributed by atoms with Gasteiger partial charge in [-0.2, -0.15) is 0 Å². The third-order valence-corrected chi connectivity index (χ3v) is 3.22. The second-order valence-electron chi connectivity index (χ2n) is 5.48. The Labute approximate surface area is 125 Å². The Balaban J connectivity index is 2.22. The van der Waals surface area contributed by atoms with Crippen LogP contribution in [0.5, 0.6) is 0 Å². The topological polar surface area (TPSA) is 78.4 Å². The Bertz CT molecular complexity index is 448. The van der Waals surface area contributed by atoms with E-state index < -0.39 is 5.97 Å². The highest BCUT2D eigenvalue weighted by Crippen LogP contribution is 2.04. The number of urea groups is 1. The minimum Gasteiger partial charge on any atom is -0.481 e. The van der Waals surface area contributed by atoms with Crippen LogP contribution in [0.15, 0.2) is 30.3 Å². The van der Waals surface area contributed by atoms with Gasteiger partial charge in [-0.05, 0) is 31.2 Å². The fourth-order valence-electron chi connectivity index (χ4n) is 2.03. The van der Waals surface area contributed by atoms with Crippen LogP contribution < -0.4 is 10.6 Å². The molecule has 2 unspecified atom stereocenters. The molecule has 116 valence electrons. The van der Waals surface area contributed by atoms with Gasteiger partial charge in [0, 0.05) is 19.0 Å². The highest BCUT2D eigenvalue weighted by atomic mass is 16.4.